The summed E-state index contributed by atoms with van der Waals surface area (Å²) in [6.07, 6.45) is -3.19. The average molecular weight is 490 g/mol. The van der Waals surface area contributed by atoms with Crippen LogP contribution in [-0.4, -0.2) is 31.9 Å². The summed E-state index contributed by atoms with van der Waals surface area (Å²) in [5, 5.41) is 3.76. The number of carbonyl (C=O) groups excluding carboxylic acids is 1. The van der Waals surface area contributed by atoms with Gasteiger partial charge in [-0.15, -0.1) is 0 Å². The van der Waals surface area contributed by atoms with Crippen molar-refractivity contribution in [2.24, 2.45) is 5.10 Å². The number of alkyl halides is 3. The van der Waals surface area contributed by atoms with Crippen molar-refractivity contribution in [3.8, 4) is 0 Å². The lowest BCUT2D eigenvalue weighted by molar-refractivity contribution is -0.137. The van der Waals surface area contributed by atoms with Crippen molar-refractivity contribution >= 4 is 22.1 Å². The Morgan fingerprint density at radius 3 is 2.12 bits per heavy atom. The number of hydrazone groups is 1. The van der Waals surface area contributed by atoms with Gasteiger partial charge in [0.05, 0.1) is 16.7 Å². The van der Waals surface area contributed by atoms with E-state index in [4.69, 9.17) is 0 Å². The summed E-state index contributed by atoms with van der Waals surface area (Å²) in [7, 11) is -2.18. The molecular formula is C24H22F3N3O3S. The number of aryl methyl sites for hydroxylation is 1. The minimum Gasteiger partial charge on any atom is -0.267 e. The topological polar surface area (TPSA) is 78.8 Å². The van der Waals surface area contributed by atoms with Gasteiger partial charge in [-0.05, 0) is 54.4 Å². The molecule has 0 unspecified atom stereocenters. The van der Waals surface area contributed by atoms with Crippen LogP contribution in [0.4, 0.5) is 13.2 Å². The molecule has 1 amide bonds. The minimum atomic E-state index is -4.42. The molecule has 6 nitrogen and oxygen atoms in total. The van der Waals surface area contributed by atoms with Gasteiger partial charge in [-0.1, -0.05) is 42.0 Å². The van der Waals surface area contributed by atoms with Gasteiger partial charge >= 0.3 is 6.18 Å². The fraction of sp³-hybridized carbons (Fsp3) is 0.167. The second kappa shape index (κ2) is 10.2. The van der Waals surface area contributed by atoms with E-state index in [0.717, 1.165) is 17.7 Å². The first-order valence-corrected chi connectivity index (χ1v) is 11.5. The molecule has 0 atom stereocenters. The van der Waals surface area contributed by atoms with E-state index in [-0.39, 0.29) is 17.0 Å². The summed E-state index contributed by atoms with van der Waals surface area (Å²) in [4.78, 5) is 12.4. The number of nitrogens with zero attached hydrogens (tertiary/aromatic N) is 2. The van der Waals surface area contributed by atoms with Crippen molar-refractivity contribution in [3.63, 3.8) is 0 Å². The lowest BCUT2D eigenvalue weighted by atomic mass is 10.1. The van der Waals surface area contributed by atoms with Crippen molar-refractivity contribution in [2.75, 3.05) is 7.05 Å². The number of carbonyl (C=O) groups is 1. The Hall–Kier alpha value is -3.50. The molecule has 3 rings (SSSR count). The van der Waals surface area contributed by atoms with E-state index in [0.29, 0.717) is 11.1 Å². The number of hydrogen-bond donors (Lipinski definition) is 1. The van der Waals surface area contributed by atoms with E-state index in [1.165, 1.54) is 41.8 Å². The van der Waals surface area contributed by atoms with Crippen LogP contribution < -0.4 is 5.43 Å². The fourth-order valence-corrected chi connectivity index (χ4v) is 4.14. The van der Waals surface area contributed by atoms with Crippen molar-refractivity contribution in [2.45, 2.75) is 24.5 Å². The fourth-order valence-electron chi connectivity index (χ4n) is 2.98. The van der Waals surface area contributed by atoms with Crippen LogP contribution in [0, 0.1) is 6.92 Å². The smallest absolute Gasteiger partial charge is 0.267 e. The Balaban J connectivity index is 1.58. The molecule has 0 spiro atoms. The van der Waals surface area contributed by atoms with Crippen LogP contribution in [0.5, 0.6) is 0 Å². The van der Waals surface area contributed by atoms with Crippen LogP contribution in [0.2, 0.25) is 0 Å². The van der Waals surface area contributed by atoms with Crippen molar-refractivity contribution in [3.05, 3.63) is 101 Å². The summed E-state index contributed by atoms with van der Waals surface area (Å²) >= 11 is 0. The zero-order valence-electron chi connectivity index (χ0n) is 18.4. The third-order valence-electron chi connectivity index (χ3n) is 4.97. The van der Waals surface area contributed by atoms with Gasteiger partial charge in [-0.3, -0.25) is 4.79 Å². The van der Waals surface area contributed by atoms with Gasteiger partial charge in [0.2, 0.25) is 10.0 Å². The highest BCUT2D eigenvalue weighted by Gasteiger charge is 2.29. The zero-order valence-corrected chi connectivity index (χ0v) is 19.2. The second-order valence-corrected chi connectivity index (χ2v) is 9.63. The van der Waals surface area contributed by atoms with Crippen LogP contribution in [0.3, 0.4) is 0 Å². The van der Waals surface area contributed by atoms with E-state index in [2.05, 4.69) is 10.5 Å². The maximum absolute atomic E-state index is 12.7. The molecule has 0 aliphatic carbocycles. The Labute approximate surface area is 195 Å². The molecule has 0 aliphatic heterocycles. The van der Waals surface area contributed by atoms with E-state index in [9.17, 15) is 26.4 Å². The lowest BCUT2D eigenvalue weighted by Crippen LogP contribution is -2.26. The maximum atomic E-state index is 12.7. The minimum absolute atomic E-state index is 0.115. The highest BCUT2D eigenvalue weighted by molar-refractivity contribution is 7.89. The molecule has 3 aromatic carbocycles. The van der Waals surface area contributed by atoms with Gasteiger partial charge in [-0.2, -0.15) is 22.6 Å². The quantitative estimate of drug-likeness (QED) is 0.389. The predicted molar refractivity (Wildman–Crippen MR) is 123 cm³/mol. The highest BCUT2D eigenvalue weighted by atomic mass is 32.2. The van der Waals surface area contributed by atoms with Gasteiger partial charge in [0, 0.05) is 19.2 Å². The Morgan fingerprint density at radius 1 is 0.971 bits per heavy atom. The van der Waals surface area contributed by atoms with Crippen LogP contribution in [0.25, 0.3) is 0 Å². The number of hydrogen-bond acceptors (Lipinski definition) is 4. The Bertz CT molecular complexity index is 1270. The normalized spacial score (nSPS) is 12.3. The molecule has 178 valence electrons. The monoisotopic (exact) mass is 489 g/mol. The molecule has 0 saturated carbocycles. The number of amides is 1. The van der Waals surface area contributed by atoms with E-state index in [1.54, 1.807) is 36.4 Å². The molecule has 3 aromatic rings. The number of halogens is 3. The van der Waals surface area contributed by atoms with E-state index >= 15 is 0 Å². The first kappa shape index (κ1) is 25.1. The molecule has 0 radical (unpaired) electrons. The number of rotatable bonds is 7. The summed E-state index contributed by atoms with van der Waals surface area (Å²) in [5.41, 5.74) is 3.85. The van der Waals surface area contributed by atoms with Crippen molar-refractivity contribution in [1.29, 1.82) is 0 Å². The molecule has 34 heavy (non-hydrogen) atoms. The van der Waals surface area contributed by atoms with Crippen LogP contribution in [0.1, 0.15) is 32.6 Å². The highest BCUT2D eigenvalue weighted by Crippen LogP contribution is 2.28. The largest absolute Gasteiger partial charge is 0.416 e. The van der Waals surface area contributed by atoms with Gasteiger partial charge in [0.15, 0.2) is 0 Å². The number of sulfonamides is 1. The molecular weight excluding hydrogens is 467 g/mol. The predicted octanol–water partition coefficient (Wildman–Crippen LogP) is 4.60. The second-order valence-electron chi connectivity index (χ2n) is 7.59. The standard InChI is InChI=1S/C24H22F3N3O3S/c1-17-3-13-22(14-4-17)34(32,33)30(2)16-19-5-9-20(10-6-19)23(31)29-28-15-18-7-11-21(12-8-18)24(25,26)27/h3-15H,16H2,1-2H3,(H,29,31)/b28-15+. The third-order valence-corrected chi connectivity index (χ3v) is 6.79. The van der Waals surface area contributed by atoms with E-state index < -0.39 is 27.7 Å². The maximum Gasteiger partial charge on any atom is 0.416 e. The third kappa shape index (κ3) is 6.30. The summed E-state index contributed by atoms with van der Waals surface area (Å²) in [5.74, 6) is -0.518. The summed E-state index contributed by atoms with van der Waals surface area (Å²) in [6.45, 7) is 1.99. The molecule has 0 fully saturated rings. The molecule has 1 N–H and O–H groups in total. The first-order chi connectivity index (χ1) is 16.0. The van der Waals surface area contributed by atoms with Gasteiger partial charge in [0.1, 0.15) is 0 Å². The summed E-state index contributed by atoms with van der Waals surface area (Å²) in [6, 6.07) is 17.3. The van der Waals surface area contributed by atoms with Gasteiger partial charge in [0.25, 0.3) is 5.91 Å². The first-order valence-electron chi connectivity index (χ1n) is 10.1. The van der Waals surface area contributed by atoms with Gasteiger partial charge < -0.3 is 0 Å². The number of nitrogens with one attached hydrogen (secondary N) is 1. The SMILES string of the molecule is Cc1ccc(S(=O)(=O)N(C)Cc2ccc(C(=O)N/N=C/c3ccc(C(F)(F)F)cc3)cc2)cc1. The Kier molecular flexibility index (Phi) is 7.53. The molecule has 0 heterocycles. The van der Waals surface area contributed by atoms with Crippen molar-refractivity contribution < 1.29 is 26.4 Å². The van der Waals surface area contributed by atoms with Crippen LogP contribution in [0.15, 0.2) is 82.8 Å². The Morgan fingerprint density at radius 2 is 1.56 bits per heavy atom. The molecule has 0 aliphatic rings. The summed E-state index contributed by atoms with van der Waals surface area (Å²) < 4.78 is 64.4. The van der Waals surface area contributed by atoms with Crippen molar-refractivity contribution in [1.82, 2.24) is 9.73 Å². The zero-order chi connectivity index (χ0) is 24.9. The number of benzene rings is 3. The average Bonchev–Trinajstić information content (AvgIpc) is 2.79. The van der Waals surface area contributed by atoms with Crippen LogP contribution in [-0.2, 0) is 22.7 Å². The molecule has 10 heteroatoms. The van der Waals surface area contributed by atoms with Gasteiger partial charge in [-0.25, -0.2) is 13.8 Å². The lowest BCUT2D eigenvalue weighted by Gasteiger charge is -2.17. The molecule has 0 aromatic heterocycles. The van der Waals surface area contributed by atoms with E-state index in [1.807, 2.05) is 6.92 Å². The molecule has 0 saturated heterocycles. The van der Waals surface area contributed by atoms with Crippen LogP contribution >= 0.6 is 0 Å². The molecule has 0 bridgehead atoms.